The first-order valence-corrected chi connectivity index (χ1v) is 5.93. The summed E-state index contributed by atoms with van der Waals surface area (Å²) in [5.41, 5.74) is 5.83. The van der Waals surface area contributed by atoms with Crippen molar-refractivity contribution in [2.45, 2.75) is 11.8 Å². The number of benzene rings is 1. The largest absolute Gasteiger partial charge is 0.494 e. The molecule has 2 N–H and O–H groups in total. The van der Waals surface area contributed by atoms with Crippen LogP contribution in [0.5, 0.6) is 5.75 Å². The number of allylic oxidation sites excluding steroid dienone is 2. The summed E-state index contributed by atoms with van der Waals surface area (Å²) in [4.78, 5) is 0. The second kappa shape index (κ2) is 5.77. The van der Waals surface area contributed by atoms with Crippen molar-refractivity contribution in [2.75, 3.05) is 14.2 Å². The lowest BCUT2D eigenvalue weighted by atomic mass is 10.00. The van der Waals surface area contributed by atoms with Crippen molar-refractivity contribution in [3.05, 3.63) is 48.6 Å². The Balaban J connectivity index is 2.26. The van der Waals surface area contributed by atoms with Crippen LogP contribution in [-0.4, -0.2) is 26.0 Å². The van der Waals surface area contributed by atoms with Crippen LogP contribution < -0.4 is 10.5 Å². The van der Waals surface area contributed by atoms with Gasteiger partial charge in [-0.1, -0.05) is 30.4 Å². The Labute approximate surface area is 112 Å². The van der Waals surface area contributed by atoms with E-state index in [-0.39, 0.29) is 6.10 Å². The Morgan fingerprint density at radius 3 is 2.74 bits per heavy atom. The standard InChI is InChI=1S/C14H17N3O2/c1-18-12-8-4-3-7-11(12)16-17-14(15)10-6-5-9-13(14)19-2/h3-10,13H,15H2,1-2H3. The summed E-state index contributed by atoms with van der Waals surface area (Å²) in [6.07, 6.45) is 6.98. The molecule has 2 unspecified atom stereocenters. The number of azo groups is 1. The molecule has 5 heteroatoms. The number of nitrogens with zero attached hydrogens (tertiary/aromatic N) is 2. The quantitative estimate of drug-likeness (QED) is 0.845. The van der Waals surface area contributed by atoms with Crippen LogP contribution in [0.1, 0.15) is 0 Å². The molecule has 1 aliphatic carbocycles. The second-order valence-electron chi connectivity index (χ2n) is 4.16. The van der Waals surface area contributed by atoms with Gasteiger partial charge in [-0.05, 0) is 18.2 Å². The molecule has 0 saturated carbocycles. The molecule has 0 amide bonds. The van der Waals surface area contributed by atoms with Gasteiger partial charge in [0.1, 0.15) is 17.5 Å². The van der Waals surface area contributed by atoms with E-state index in [1.54, 1.807) is 20.3 Å². The van der Waals surface area contributed by atoms with E-state index in [1.165, 1.54) is 0 Å². The number of methoxy groups -OCH3 is 2. The van der Waals surface area contributed by atoms with Crippen molar-refractivity contribution < 1.29 is 9.47 Å². The number of para-hydroxylation sites is 1. The Hall–Kier alpha value is -1.98. The van der Waals surface area contributed by atoms with Crippen LogP contribution in [0.25, 0.3) is 0 Å². The maximum absolute atomic E-state index is 6.19. The van der Waals surface area contributed by atoms with Crippen molar-refractivity contribution in [1.29, 1.82) is 0 Å². The minimum Gasteiger partial charge on any atom is -0.494 e. The van der Waals surface area contributed by atoms with Gasteiger partial charge < -0.3 is 9.47 Å². The van der Waals surface area contributed by atoms with Crippen molar-refractivity contribution in [3.8, 4) is 5.75 Å². The first-order chi connectivity index (χ1) is 9.19. The minimum atomic E-state index is -0.996. The monoisotopic (exact) mass is 259 g/mol. The molecule has 1 aromatic carbocycles. The minimum absolute atomic E-state index is 0.337. The Morgan fingerprint density at radius 1 is 1.21 bits per heavy atom. The SMILES string of the molecule is COc1ccccc1N=NC1(N)C=CC=CC1OC. The number of ether oxygens (including phenoxy) is 2. The van der Waals surface area contributed by atoms with Gasteiger partial charge in [-0.25, -0.2) is 0 Å². The number of hydrogen-bond acceptors (Lipinski definition) is 5. The highest BCUT2D eigenvalue weighted by Crippen LogP contribution is 2.29. The second-order valence-corrected chi connectivity index (χ2v) is 4.16. The van der Waals surface area contributed by atoms with E-state index in [9.17, 15) is 0 Å². The maximum Gasteiger partial charge on any atom is 0.178 e. The summed E-state index contributed by atoms with van der Waals surface area (Å²) in [6.45, 7) is 0. The predicted molar refractivity (Wildman–Crippen MR) is 73.5 cm³/mol. The van der Waals surface area contributed by atoms with E-state index in [0.717, 1.165) is 0 Å². The van der Waals surface area contributed by atoms with Gasteiger partial charge in [-0.2, -0.15) is 5.11 Å². The fourth-order valence-corrected chi connectivity index (χ4v) is 1.83. The summed E-state index contributed by atoms with van der Waals surface area (Å²) < 4.78 is 10.5. The number of nitrogens with two attached hydrogens (primary N) is 1. The van der Waals surface area contributed by atoms with E-state index in [2.05, 4.69) is 10.2 Å². The van der Waals surface area contributed by atoms with E-state index in [4.69, 9.17) is 15.2 Å². The molecule has 0 aromatic heterocycles. The molecule has 0 radical (unpaired) electrons. The summed E-state index contributed by atoms with van der Waals surface area (Å²) in [7, 11) is 3.18. The van der Waals surface area contributed by atoms with Gasteiger partial charge in [0, 0.05) is 7.11 Å². The Morgan fingerprint density at radius 2 is 2.00 bits per heavy atom. The summed E-state index contributed by atoms with van der Waals surface area (Å²) in [5.74, 6) is 0.652. The van der Waals surface area contributed by atoms with Crippen LogP contribution in [-0.2, 0) is 4.74 Å². The lowest BCUT2D eigenvalue weighted by molar-refractivity contribution is 0.0904. The van der Waals surface area contributed by atoms with Crippen LogP contribution >= 0.6 is 0 Å². The summed E-state index contributed by atoms with van der Waals surface area (Å²) in [5, 5.41) is 8.39. The first kappa shape index (κ1) is 13.5. The fraction of sp³-hybridized carbons (Fsp3) is 0.286. The highest BCUT2D eigenvalue weighted by molar-refractivity contribution is 5.50. The molecular weight excluding hydrogens is 242 g/mol. The highest BCUT2D eigenvalue weighted by atomic mass is 16.5. The zero-order chi connectivity index (χ0) is 13.7. The molecule has 5 nitrogen and oxygen atoms in total. The van der Waals surface area contributed by atoms with Crippen LogP contribution in [0.15, 0.2) is 58.8 Å². The lowest BCUT2D eigenvalue weighted by Gasteiger charge is -2.28. The van der Waals surface area contributed by atoms with Gasteiger partial charge in [0.15, 0.2) is 5.66 Å². The van der Waals surface area contributed by atoms with Crippen molar-refractivity contribution >= 4 is 5.69 Å². The molecule has 0 fully saturated rings. The third kappa shape index (κ3) is 2.89. The zero-order valence-electron chi connectivity index (χ0n) is 11.0. The molecule has 19 heavy (non-hydrogen) atoms. The fourth-order valence-electron chi connectivity index (χ4n) is 1.83. The number of rotatable bonds is 4. The average Bonchev–Trinajstić information content (AvgIpc) is 2.46. The van der Waals surface area contributed by atoms with Crippen LogP contribution in [0.3, 0.4) is 0 Å². The molecule has 0 aliphatic heterocycles. The first-order valence-electron chi connectivity index (χ1n) is 5.93. The van der Waals surface area contributed by atoms with Gasteiger partial charge in [0.05, 0.1) is 7.11 Å². The molecule has 0 saturated heterocycles. The van der Waals surface area contributed by atoms with Gasteiger partial charge >= 0.3 is 0 Å². The van der Waals surface area contributed by atoms with Crippen LogP contribution in [0, 0.1) is 0 Å². The Bertz CT molecular complexity index is 525. The highest BCUT2D eigenvalue weighted by Gasteiger charge is 2.32. The molecular formula is C14H17N3O2. The molecule has 100 valence electrons. The van der Waals surface area contributed by atoms with Crippen molar-refractivity contribution in [3.63, 3.8) is 0 Å². The third-order valence-electron chi connectivity index (χ3n) is 2.89. The molecule has 2 rings (SSSR count). The molecule has 1 aromatic rings. The van der Waals surface area contributed by atoms with Crippen LogP contribution in [0.2, 0.25) is 0 Å². The van der Waals surface area contributed by atoms with Gasteiger partial charge in [-0.15, -0.1) is 5.11 Å². The normalized spacial score (nSPS) is 25.9. The topological polar surface area (TPSA) is 69.2 Å². The van der Waals surface area contributed by atoms with E-state index in [1.807, 2.05) is 42.5 Å². The molecule has 0 heterocycles. The summed E-state index contributed by atoms with van der Waals surface area (Å²) in [6, 6.07) is 7.37. The maximum atomic E-state index is 6.19. The zero-order valence-corrected chi connectivity index (χ0v) is 11.0. The lowest BCUT2D eigenvalue weighted by Crippen LogP contribution is -2.48. The van der Waals surface area contributed by atoms with Crippen molar-refractivity contribution in [1.82, 2.24) is 0 Å². The van der Waals surface area contributed by atoms with E-state index >= 15 is 0 Å². The van der Waals surface area contributed by atoms with Gasteiger partial charge in [0.25, 0.3) is 0 Å². The summed E-state index contributed by atoms with van der Waals surface area (Å²) >= 11 is 0. The van der Waals surface area contributed by atoms with E-state index < -0.39 is 5.66 Å². The predicted octanol–water partition coefficient (Wildman–Crippen LogP) is 2.57. The molecule has 0 bridgehead atoms. The average molecular weight is 259 g/mol. The smallest absolute Gasteiger partial charge is 0.178 e. The molecule has 0 spiro atoms. The van der Waals surface area contributed by atoms with Crippen molar-refractivity contribution in [2.24, 2.45) is 16.0 Å². The molecule has 2 atom stereocenters. The van der Waals surface area contributed by atoms with Crippen LogP contribution in [0.4, 0.5) is 5.69 Å². The van der Waals surface area contributed by atoms with Gasteiger partial charge in [0.2, 0.25) is 0 Å². The third-order valence-corrected chi connectivity index (χ3v) is 2.89. The van der Waals surface area contributed by atoms with Gasteiger partial charge in [-0.3, -0.25) is 5.73 Å². The number of hydrogen-bond donors (Lipinski definition) is 1. The van der Waals surface area contributed by atoms with E-state index in [0.29, 0.717) is 11.4 Å². The molecule has 1 aliphatic rings. The Kier molecular flexibility index (Phi) is 4.09.